The third-order valence-electron chi connectivity index (χ3n) is 3.24. The van der Waals surface area contributed by atoms with E-state index in [1.54, 1.807) is 12.1 Å². The van der Waals surface area contributed by atoms with E-state index in [2.05, 4.69) is 37.9 Å². The molecule has 0 unspecified atom stereocenters. The molecule has 0 aliphatic rings. The van der Waals surface area contributed by atoms with Crippen LogP contribution in [0.1, 0.15) is 22.3 Å². The van der Waals surface area contributed by atoms with E-state index in [9.17, 15) is 4.79 Å². The van der Waals surface area contributed by atoms with Crippen LogP contribution in [0.4, 0.5) is 5.69 Å². The van der Waals surface area contributed by atoms with Gasteiger partial charge in [-0.05, 0) is 61.7 Å². The number of hydrogen-bond acceptors (Lipinski definition) is 3. The minimum Gasteiger partial charge on any atom is -0.484 e. The van der Waals surface area contributed by atoms with Crippen molar-refractivity contribution in [2.75, 3.05) is 6.61 Å². The van der Waals surface area contributed by atoms with Gasteiger partial charge in [-0.3, -0.25) is 9.79 Å². The number of hydrogen-bond donors (Lipinski definition) is 1. The minimum absolute atomic E-state index is 0.116. The van der Waals surface area contributed by atoms with Crippen LogP contribution in [0.15, 0.2) is 41.4 Å². The molecule has 0 aliphatic carbocycles. The highest BCUT2D eigenvalue weighted by Gasteiger charge is 2.02. The number of amides is 1. The first-order valence-corrected chi connectivity index (χ1v) is 7.09. The molecule has 114 valence electrons. The molecule has 4 heteroatoms. The predicted octanol–water partition coefficient (Wildman–Crippen LogP) is 3.23. The molecule has 22 heavy (non-hydrogen) atoms. The van der Waals surface area contributed by atoms with Crippen molar-refractivity contribution in [3.63, 3.8) is 0 Å². The van der Waals surface area contributed by atoms with Crippen LogP contribution < -0.4 is 10.5 Å². The smallest absolute Gasteiger partial charge is 0.255 e. The average Bonchev–Trinajstić information content (AvgIpc) is 2.45. The second kappa shape index (κ2) is 6.89. The van der Waals surface area contributed by atoms with Gasteiger partial charge in [0, 0.05) is 6.21 Å². The van der Waals surface area contributed by atoms with Crippen molar-refractivity contribution in [1.29, 1.82) is 0 Å². The number of benzene rings is 2. The largest absolute Gasteiger partial charge is 0.484 e. The fourth-order valence-electron chi connectivity index (χ4n) is 2.32. The second-order valence-corrected chi connectivity index (χ2v) is 5.33. The van der Waals surface area contributed by atoms with Gasteiger partial charge < -0.3 is 10.5 Å². The third kappa shape index (κ3) is 4.19. The van der Waals surface area contributed by atoms with Gasteiger partial charge in [0.15, 0.2) is 6.61 Å². The highest BCUT2D eigenvalue weighted by atomic mass is 16.5. The monoisotopic (exact) mass is 296 g/mol. The van der Waals surface area contributed by atoms with Crippen LogP contribution in [-0.4, -0.2) is 18.7 Å². The Bertz CT molecular complexity index is 681. The van der Waals surface area contributed by atoms with E-state index >= 15 is 0 Å². The zero-order valence-corrected chi connectivity index (χ0v) is 13.1. The summed E-state index contributed by atoms with van der Waals surface area (Å²) in [5.74, 6) is 0.120. The number of primary amides is 1. The van der Waals surface area contributed by atoms with Crippen molar-refractivity contribution in [3.05, 3.63) is 58.7 Å². The van der Waals surface area contributed by atoms with Crippen LogP contribution in [-0.2, 0) is 4.79 Å². The first kappa shape index (κ1) is 15.8. The fraction of sp³-hybridized carbons (Fsp3) is 0.222. The SMILES string of the molecule is Cc1cc(C)c(N=Cc2ccc(OCC(N)=O)cc2)c(C)c1. The summed E-state index contributed by atoms with van der Waals surface area (Å²) in [7, 11) is 0. The number of carbonyl (C=O) groups excluding carboxylic acids is 1. The van der Waals surface area contributed by atoms with E-state index in [-0.39, 0.29) is 6.61 Å². The van der Waals surface area contributed by atoms with Crippen molar-refractivity contribution in [3.8, 4) is 5.75 Å². The van der Waals surface area contributed by atoms with Crippen molar-refractivity contribution in [2.24, 2.45) is 10.7 Å². The first-order valence-electron chi connectivity index (χ1n) is 7.09. The molecule has 0 fully saturated rings. The van der Waals surface area contributed by atoms with E-state index in [1.165, 1.54) is 5.56 Å². The second-order valence-electron chi connectivity index (χ2n) is 5.33. The molecule has 0 saturated carbocycles. The van der Waals surface area contributed by atoms with Crippen molar-refractivity contribution >= 4 is 17.8 Å². The van der Waals surface area contributed by atoms with E-state index in [0.29, 0.717) is 5.75 Å². The lowest BCUT2D eigenvalue weighted by Crippen LogP contribution is -2.19. The highest BCUT2D eigenvalue weighted by molar-refractivity contribution is 5.83. The molecule has 0 heterocycles. The molecule has 0 aromatic heterocycles. The van der Waals surface area contributed by atoms with Gasteiger partial charge in [-0.1, -0.05) is 17.7 Å². The summed E-state index contributed by atoms with van der Waals surface area (Å²) in [6, 6.07) is 11.6. The Kier molecular flexibility index (Phi) is 4.94. The average molecular weight is 296 g/mol. The van der Waals surface area contributed by atoms with E-state index < -0.39 is 5.91 Å². The number of nitrogens with zero attached hydrogens (tertiary/aromatic N) is 1. The van der Waals surface area contributed by atoms with Gasteiger partial charge in [0.1, 0.15) is 5.75 Å². The molecular weight excluding hydrogens is 276 g/mol. The topological polar surface area (TPSA) is 64.7 Å². The molecule has 0 saturated heterocycles. The zero-order valence-electron chi connectivity index (χ0n) is 13.1. The Hall–Kier alpha value is -2.62. The molecule has 2 rings (SSSR count). The summed E-state index contributed by atoms with van der Waals surface area (Å²) in [6.07, 6.45) is 1.82. The minimum atomic E-state index is -0.490. The lowest BCUT2D eigenvalue weighted by Gasteiger charge is -2.06. The Morgan fingerprint density at radius 1 is 1.14 bits per heavy atom. The van der Waals surface area contributed by atoms with Gasteiger partial charge in [-0.25, -0.2) is 0 Å². The van der Waals surface area contributed by atoms with Crippen molar-refractivity contribution in [1.82, 2.24) is 0 Å². The Balaban J connectivity index is 2.12. The number of nitrogens with two attached hydrogens (primary N) is 1. The van der Waals surface area contributed by atoms with E-state index in [1.807, 2.05) is 18.3 Å². The van der Waals surface area contributed by atoms with Crippen LogP contribution in [0.25, 0.3) is 0 Å². The summed E-state index contributed by atoms with van der Waals surface area (Å²) in [5, 5.41) is 0. The van der Waals surface area contributed by atoms with Gasteiger partial charge >= 0.3 is 0 Å². The number of rotatable bonds is 5. The van der Waals surface area contributed by atoms with Gasteiger partial charge in [0.25, 0.3) is 5.91 Å². The standard InChI is InChI=1S/C18H20N2O2/c1-12-8-13(2)18(14(3)9-12)20-10-15-4-6-16(7-5-15)22-11-17(19)21/h4-10H,11H2,1-3H3,(H2,19,21). The molecule has 0 spiro atoms. The molecule has 0 radical (unpaired) electrons. The molecule has 0 atom stereocenters. The molecular formula is C18H20N2O2. The molecule has 0 bridgehead atoms. The summed E-state index contributed by atoms with van der Waals surface area (Å²) in [5.41, 5.74) is 10.6. The van der Waals surface area contributed by atoms with Crippen LogP contribution >= 0.6 is 0 Å². The van der Waals surface area contributed by atoms with E-state index in [0.717, 1.165) is 22.4 Å². The molecule has 0 aliphatic heterocycles. The predicted molar refractivity (Wildman–Crippen MR) is 89.0 cm³/mol. The Morgan fingerprint density at radius 2 is 1.73 bits per heavy atom. The molecule has 2 N–H and O–H groups in total. The molecule has 1 amide bonds. The fourth-order valence-corrected chi connectivity index (χ4v) is 2.32. The van der Waals surface area contributed by atoms with Gasteiger partial charge in [-0.2, -0.15) is 0 Å². The maximum atomic E-state index is 10.7. The third-order valence-corrected chi connectivity index (χ3v) is 3.24. The lowest BCUT2D eigenvalue weighted by molar-refractivity contribution is -0.119. The number of ether oxygens (including phenoxy) is 1. The molecule has 2 aromatic rings. The molecule has 4 nitrogen and oxygen atoms in total. The number of aryl methyl sites for hydroxylation is 3. The van der Waals surface area contributed by atoms with Crippen molar-refractivity contribution in [2.45, 2.75) is 20.8 Å². The summed E-state index contributed by atoms with van der Waals surface area (Å²) in [6.45, 7) is 6.09. The van der Waals surface area contributed by atoms with E-state index in [4.69, 9.17) is 10.5 Å². The van der Waals surface area contributed by atoms with Crippen LogP contribution in [0.2, 0.25) is 0 Å². The summed E-state index contributed by atoms with van der Waals surface area (Å²) in [4.78, 5) is 15.2. The maximum absolute atomic E-state index is 10.7. The lowest BCUT2D eigenvalue weighted by atomic mass is 10.1. The maximum Gasteiger partial charge on any atom is 0.255 e. The summed E-state index contributed by atoms with van der Waals surface area (Å²) >= 11 is 0. The highest BCUT2D eigenvalue weighted by Crippen LogP contribution is 2.25. The normalized spacial score (nSPS) is 10.9. The van der Waals surface area contributed by atoms with Gasteiger partial charge in [-0.15, -0.1) is 0 Å². The van der Waals surface area contributed by atoms with Gasteiger partial charge in [0.05, 0.1) is 5.69 Å². The quantitative estimate of drug-likeness (QED) is 0.861. The van der Waals surface area contributed by atoms with Crippen LogP contribution in [0.3, 0.4) is 0 Å². The number of aliphatic imine (C=N–C) groups is 1. The van der Waals surface area contributed by atoms with Crippen LogP contribution in [0.5, 0.6) is 5.75 Å². The van der Waals surface area contributed by atoms with Gasteiger partial charge in [0.2, 0.25) is 0 Å². The summed E-state index contributed by atoms with van der Waals surface area (Å²) < 4.78 is 5.22. The first-order chi connectivity index (χ1) is 10.5. The Morgan fingerprint density at radius 3 is 2.27 bits per heavy atom. The molecule has 2 aromatic carbocycles. The Labute approximate surface area is 130 Å². The van der Waals surface area contributed by atoms with Crippen molar-refractivity contribution < 1.29 is 9.53 Å². The van der Waals surface area contributed by atoms with Crippen LogP contribution in [0, 0.1) is 20.8 Å². The number of carbonyl (C=O) groups is 1. The zero-order chi connectivity index (χ0) is 16.1.